The Morgan fingerprint density at radius 3 is 2.84 bits per heavy atom. The molecule has 0 bridgehead atoms. The van der Waals surface area contributed by atoms with Gasteiger partial charge in [-0.15, -0.1) is 0 Å². The molecule has 19 heavy (non-hydrogen) atoms. The minimum Gasteiger partial charge on any atom is -0.493 e. The Morgan fingerprint density at radius 1 is 1.37 bits per heavy atom. The van der Waals surface area contributed by atoms with Gasteiger partial charge >= 0.3 is 0 Å². The van der Waals surface area contributed by atoms with Crippen LogP contribution in [0.4, 0.5) is 0 Å². The van der Waals surface area contributed by atoms with Crippen LogP contribution in [0.3, 0.4) is 0 Å². The van der Waals surface area contributed by atoms with Gasteiger partial charge in [-0.25, -0.2) is 0 Å². The van der Waals surface area contributed by atoms with Gasteiger partial charge in [0.15, 0.2) is 11.5 Å². The molecule has 1 aromatic rings. The van der Waals surface area contributed by atoms with Gasteiger partial charge in [0.05, 0.1) is 24.8 Å². The van der Waals surface area contributed by atoms with E-state index < -0.39 is 0 Å². The van der Waals surface area contributed by atoms with E-state index in [4.69, 9.17) is 14.2 Å². The average Bonchev–Trinajstić information content (AvgIpc) is 2.91. The van der Waals surface area contributed by atoms with Crippen LogP contribution in [0.25, 0.3) is 0 Å². The molecule has 106 valence electrons. The molecule has 2 rings (SSSR count). The van der Waals surface area contributed by atoms with Crippen molar-refractivity contribution in [2.24, 2.45) is 0 Å². The summed E-state index contributed by atoms with van der Waals surface area (Å²) in [6.07, 6.45) is 2.69. The molecule has 1 aliphatic rings. The first kappa shape index (κ1) is 14.6. The summed E-state index contributed by atoms with van der Waals surface area (Å²) in [5.41, 5.74) is 1.16. The molecule has 0 unspecified atom stereocenters. The molecule has 1 N–H and O–H groups in total. The fourth-order valence-electron chi connectivity index (χ4n) is 2.26. The summed E-state index contributed by atoms with van der Waals surface area (Å²) in [6.45, 7) is 2.58. The molecule has 0 radical (unpaired) electrons. The molecule has 1 saturated heterocycles. The van der Waals surface area contributed by atoms with Crippen LogP contribution in [-0.4, -0.2) is 33.5 Å². The lowest BCUT2D eigenvalue weighted by Gasteiger charge is -2.14. The number of methoxy groups -OCH3 is 2. The molecule has 1 aliphatic heterocycles. The van der Waals surface area contributed by atoms with Crippen molar-refractivity contribution in [2.75, 3.05) is 27.4 Å². The summed E-state index contributed by atoms with van der Waals surface area (Å²) in [5.74, 6) is 1.47. The van der Waals surface area contributed by atoms with Gasteiger partial charge in [-0.2, -0.15) is 0 Å². The van der Waals surface area contributed by atoms with Crippen molar-refractivity contribution in [1.82, 2.24) is 5.32 Å². The monoisotopic (exact) mass is 329 g/mol. The number of hydrogen-bond acceptors (Lipinski definition) is 4. The van der Waals surface area contributed by atoms with Gasteiger partial charge in [-0.05, 0) is 46.5 Å². The first-order chi connectivity index (χ1) is 9.24. The van der Waals surface area contributed by atoms with Gasteiger partial charge in [-0.3, -0.25) is 0 Å². The van der Waals surface area contributed by atoms with Crippen molar-refractivity contribution in [3.05, 3.63) is 22.2 Å². The Hall–Kier alpha value is -0.780. The van der Waals surface area contributed by atoms with E-state index in [9.17, 15) is 0 Å². The topological polar surface area (TPSA) is 39.7 Å². The Balaban J connectivity index is 1.94. The summed E-state index contributed by atoms with van der Waals surface area (Å²) < 4.78 is 17.1. The summed E-state index contributed by atoms with van der Waals surface area (Å²) in [7, 11) is 3.28. The lowest BCUT2D eigenvalue weighted by molar-refractivity contribution is 0.110. The van der Waals surface area contributed by atoms with Gasteiger partial charge in [-0.1, -0.05) is 0 Å². The van der Waals surface area contributed by atoms with E-state index in [1.165, 1.54) is 6.42 Å². The van der Waals surface area contributed by atoms with Gasteiger partial charge < -0.3 is 19.5 Å². The third-order valence-corrected chi connectivity index (χ3v) is 3.81. The Bertz CT molecular complexity index is 419. The molecule has 1 aromatic carbocycles. The minimum absolute atomic E-state index is 0.364. The third-order valence-electron chi connectivity index (χ3n) is 3.22. The number of rotatable bonds is 6. The molecule has 1 heterocycles. The number of ether oxygens (including phenoxy) is 3. The second kappa shape index (κ2) is 7.12. The van der Waals surface area contributed by atoms with Crippen LogP contribution in [0.2, 0.25) is 0 Å². The van der Waals surface area contributed by atoms with E-state index in [-0.39, 0.29) is 0 Å². The maximum absolute atomic E-state index is 5.58. The van der Waals surface area contributed by atoms with Crippen molar-refractivity contribution in [1.29, 1.82) is 0 Å². The smallest absolute Gasteiger partial charge is 0.174 e. The summed E-state index contributed by atoms with van der Waals surface area (Å²) in [4.78, 5) is 0. The van der Waals surface area contributed by atoms with E-state index in [0.717, 1.165) is 47.7 Å². The van der Waals surface area contributed by atoms with Gasteiger partial charge in [0.25, 0.3) is 0 Å². The van der Waals surface area contributed by atoms with Crippen molar-refractivity contribution >= 4 is 15.9 Å². The first-order valence-corrected chi connectivity index (χ1v) is 7.26. The van der Waals surface area contributed by atoms with Gasteiger partial charge in [0.1, 0.15) is 0 Å². The minimum atomic E-state index is 0.364. The van der Waals surface area contributed by atoms with Crippen LogP contribution in [0.15, 0.2) is 16.6 Å². The highest BCUT2D eigenvalue weighted by molar-refractivity contribution is 9.10. The largest absolute Gasteiger partial charge is 0.493 e. The standard InChI is InChI=1S/C14H20BrNO3/c1-17-13-7-10(6-12(15)14(13)18-2)8-16-9-11-4-3-5-19-11/h6-7,11,16H,3-5,8-9H2,1-2H3/t11-/m1/s1. The normalized spacial score (nSPS) is 18.6. The van der Waals surface area contributed by atoms with E-state index in [0.29, 0.717) is 6.10 Å². The predicted molar refractivity (Wildman–Crippen MR) is 77.9 cm³/mol. The molecule has 0 aliphatic carbocycles. The van der Waals surface area contributed by atoms with Crippen LogP contribution in [-0.2, 0) is 11.3 Å². The van der Waals surface area contributed by atoms with Crippen molar-refractivity contribution in [2.45, 2.75) is 25.5 Å². The third kappa shape index (κ3) is 3.84. The lowest BCUT2D eigenvalue weighted by atomic mass is 10.2. The quantitative estimate of drug-likeness (QED) is 0.871. The molecule has 0 saturated carbocycles. The highest BCUT2D eigenvalue weighted by Crippen LogP contribution is 2.36. The highest BCUT2D eigenvalue weighted by atomic mass is 79.9. The molecule has 0 amide bonds. The molecule has 0 aromatic heterocycles. The lowest BCUT2D eigenvalue weighted by Crippen LogP contribution is -2.25. The summed E-state index contributed by atoms with van der Waals surface area (Å²) in [6, 6.07) is 4.04. The van der Waals surface area contributed by atoms with Crippen molar-refractivity contribution < 1.29 is 14.2 Å². The van der Waals surface area contributed by atoms with Crippen molar-refractivity contribution in [3.8, 4) is 11.5 Å². The molecule has 5 heteroatoms. The number of nitrogens with one attached hydrogen (secondary N) is 1. The van der Waals surface area contributed by atoms with E-state index >= 15 is 0 Å². The van der Waals surface area contributed by atoms with Gasteiger partial charge in [0.2, 0.25) is 0 Å². The highest BCUT2D eigenvalue weighted by Gasteiger charge is 2.15. The predicted octanol–water partition coefficient (Wildman–Crippen LogP) is 2.73. The fourth-order valence-corrected chi connectivity index (χ4v) is 2.91. The fraction of sp³-hybridized carbons (Fsp3) is 0.571. The number of benzene rings is 1. The van der Waals surface area contributed by atoms with Crippen LogP contribution in [0.5, 0.6) is 11.5 Å². The number of hydrogen-bond donors (Lipinski definition) is 1. The van der Waals surface area contributed by atoms with Crippen LogP contribution in [0, 0.1) is 0 Å². The van der Waals surface area contributed by atoms with Crippen LogP contribution in [0.1, 0.15) is 18.4 Å². The molecular weight excluding hydrogens is 310 g/mol. The zero-order valence-electron chi connectivity index (χ0n) is 11.4. The number of halogens is 1. The Morgan fingerprint density at radius 2 is 2.21 bits per heavy atom. The molecule has 0 spiro atoms. The first-order valence-electron chi connectivity index (χ1n) is 6.47. The molecule has 1 atom stereocenters. The molecule has 4 nitrogen and oxygen atoms in total. The Kier molecular flexibility index (Phi) is 5.48. The van der Waals surface area contributed by atoms with Crippen LogP contribution < -0.4 is 14.8 Å². The Labute approximate surface area is 122 Å². The maximum Gasteiger partial charge on any atom is 0.174 e. The van der Waals surface area contributed by atoms with Gasteiger partial charge in [0, 0.05) is 19.7 Å². The zero-order valence-corrected chi connectivity index (χ0v) is 13.0. The van der Waals surface area contributed by atoms with E-state index in [1.807, 2.05) is 12.1 Å². The van der Waals surface area contributed by atoms with Crippen LogP contribution >= 0.6 is 15.9 Å². The maximum atomic E-state index is 5.58. The van der Waals surface area contributed by atoms with E-state index in [1.54, 1.807) is 14.2 Å². The average molecular weight is 330 g/mol. The molecular formula is C14H20BrNO3. The van der Waals surface area contributed by atoms with E-state index in [2.05, 4.69) is 21.2 Å². The second-order valence-corrected chi connectivity index (χ2v) is 5.43. The van der Waals surface area contributed by atoms with Crippen molar-refractivity contribution in [3.63, 3.8) is 0 Å². The SMILES string of the molecule is COc1cc(CNC[C@H]2CCCO2)cc(Br)c1OC. The zero-order chi connectivity index (χ0) is 13.7. The second-order valence-electron chi connectivity index (χ2n) is 4.58. The summed E-state index contributed by atoms with van der Waals surface area (Å²) >= 11 is 3.50. The summed E-state index contributed by atoms with van der Waals surface area (Å²) in [5, 5.41) is 3.42. The molecule has 1 fully saturated rings.